The smallest absolute Gasteiger partial charge is 0.342 e. The summed E-state index contributed by atoms with van der Waals surface area (Å²) in [5.41, 5.74) is 2.91. The Balaban J connectivity index is 1.57. The van der Waals surface area contributed by atoms with Crippen LogP contribution >= 0.6 is 0 Å². The van der Waals surface area contributed by atoms with Gasteiger partial charge in [0.15, 0.2) is 9.84 Å². The number of hydrogen-bond donors (Lipinski definition) is 0. The van der Waals surface area contributed by atoms with E-state index in [0.29, 0.717) is 28.9 Å². The van der Waals surface area contributed by atoms with E-state index in [9.17, 15) is 22.0 Å². The highest BCUT2D eigenvalue weighted by molar-refractivity contribution is 7.92. The maximum absolute atomic E-state index is 12.9. The molecule has 4 aromatic rings. The van der Waals surface area contributed by atoms with Crippen LogP contribution in [0.15, 0.2) is 71.1 Å². The van der Waals surface area contributed by atoms with E-state index in [0.717, 1.165) is 29.0 Å². The Labute approximate surface area is 228 Å². The first-order chi connectivity index (χ1) is 18.6. The number of nitrogens with zero attached hydrogens (tertiary/aromatic N) is 1. The maximum atomic E-state index is 12.9. The van der Waals surface area contributed by atoms with Gasteiger partial charge >= 0.3 is 5.97 Å². The molecule has 1 aliphatic rings. The molecule has 0 amide bonds. The summed E-state index contributed by atoms with van der Waals surface area (Å²) in [5, 5.41) is 0.461. The van der Waals surface area contributed by atoms with Gasteiger partial charge < -0.3 is 18.4 Å². The fourth-order valence-corrected chi connectivity index (χ4v) is 6.25. The van der Waals surface area contributed by atoms with Crippen LogP contribution in [0.5, 0.6) is 5.75 Å². The SMILES string of the molecule is COC(=O)c1c(-c2ccc(OCc3ccccc3)cc2)oc2cc(N(CS(C)(=O)=O)S(=O)[O-])c(C3CC3)cc12. The van der Waals surface area contributed by atoms with Crippen LogP contribution in [0.25, 0.3) is 22.3 Å². The number of carbonyl (C=O) groups is 1. The number of anilines is 1. The van der Waals surface area contributed by atoms with E-state index < -0.39 is 32.9 Å². The van der Waals surface area contributed by atoms with Crippen molar-refractivity contribution in [2.24, 2.45) is 0 Å². The molecule has 1 aliphatic carbocycles. The Hall–Kier alpha value is -3.67. The Bertz CT molecular complexity index is 1640. The quantitative estimate of drug-likeness (QED) is 0.194. The molecule has 0 saturated heterocycles. The highest BCUT2D eigenvalue weighted by Crippen LogP contribution is 2.48. The molecule has 11 heteroatoms. The van der Waals surface area contributed by atoms with Crippen LogP contribution < -0.4 is 9.04 Å². The van der Waals surface area contributed by atoms with E-state index >= 15 is 0 Å². The number of esters is 1. The number of furan rings is 1. The Morgan fingerprint density at radius 3 is 2.38 bits per heavy atom. The molecule has 1 fully saturated rings. The summed E-state index contributed by atoms with van der Waals surface area (Å²) in [5.74, 6) is -0.395. The van der Waals surface area contributed by atoms with Crippen molar-refractivity contribution in [3.05, 3.63) is 83.4 Å². The summed E-state index contributed by atoms with van der Waals surface area (Å²) >= 11 is -2.85. The van der Waals surface area contributed by atoms with Gasteiger partial charge in [-0.25, -0.2) is 13.2 Å². The Morgan fingerprint density at radius 1 is 1.10 bits per heavy atom. The molecule has 1 atom stereocenters. The van der Waals surface area contributed by atoms with Crippen LogP contribution in [-0.4, -0.2) is 42.4 Å². The second-order valence-corrected chi connectivity index (χ2v) is 12.4. The van der Waals surface area contributed by atoms with Crippen molar-refractivity contribution in [2.45, 2.75) is 25.4 Å². The van der Waals surface area contributed by atoms with E-state index in [4.69, 9.17) is 13.9 Å². The monoisotopic (exact) mass is 568 g/mol. The number of rotatable bonds is 10. The lowest BCUT2D eigenvalue weighted by Crippen LogP contribution is -2.31. The lowest BCUT2D eigenvalue weighted by molar-refractivity contribution is 0.0603. The van der Waals surface area contributed by atoms with Gasteiger partial charge in [0, 0.05) is 34.5 Å². The van der Waals surface area contributed by atoms with Crippen molar-refractivity contribution in [3.8, 4) is 17.1 Å². The third kappa shape index (κ3) is 6.00. The van der Waals surface area contributed by atoms with Crippen LogP contribution in [0, 0.1) is 0 Å². The third-order valence-electron chi connectivity index (χ3n) is 6.41. The largest absolute Gasteiger partial charge is 0.755 e. The van der Waals surface area contributed by atoms with Crippen molar-refractivity contribution in [3.63, 3.8) is 0 Å². The Kier molecular flexibility index (Phi) is 7.48. The normalized spacial score (nSPS) is 14.2. The van der Waals surface area contributed by atoms with E-state index in [1.54, 1.807) is 30.3 Å². The van der Waals surface area contributed by atoms with Crippen LogP contribution in [-0.2, 0) is 32.4 Å². The van der Waals surface area contributed by atoms with Crippen LogP contribution in [0.3, 0.4) is 0 Å². The van der Waals surface area contributed by atoms with E-state index in [2.05, 4.69) is 0 Å². The number of ether oxygens (including phenoxy) is 2. The third-order valence-corrected chi connectivity index (χ3v) is 7.99. The summed E-state index contributed by atoms with van der Waals surface area (Å²) in [6.45, 7) is 0.399. The van der Waals surface area contributed by atoms with Crippen molar-refractivity contribution < 1.29 is 35.9 Å². The van der Waals surface area contributed by atoms with Gasteiger partial charge in [-0.05, 0) is 60.2 Å². The van der Waals surface area contributed by atoms with Crippen molar-refractivity contribution in [1.29, 1.82) is 0 Å². The number of carbonyl (C=O) groups excluding carboxylic acids is 1. The number of methoxy groups -OCH3 is 1. The zero-order valence-corrected chi connectivity index (χ0v) is 22.9. The minimum atomic E-state index is -3.67. The predicted molar refractivity (Wildman–Crippen MR) is 147 cm³/mol. The second-order valence-electron chi connectivity index (χ2n) is 9.43. The van der Waals surface area contributed by atoms with E-state index in [-0.39, 0.29) is 28.5 Å². The molecule has 5 rings (SSSR count). The zero-order chi connectivity index (χ0) is 27.7. The summed E-state index contributed by atoms with van der Waals surface area (Å²) in [7, 11) is -2.39. The highest BCUT2D eigenvalue weighted by atomic mass is 32.2. The van der Waals surface area contributed by atoms with Gasteiger partial charge in [0.25, 0.3) is 0 Å². The first-order valence-electron chi connectivity index (χ1n) is 12.1. The van der Waals surface area contributed by atoms with Crippen LogP contribution in [0.2, 0.25) is 0 Å². The van der Waals surface area contributed by atoms with Gasteiger partial charge in [0.05, 0.1) is 12.8 Å². The molecule has 204 valence electrons. The zero-order valence-electron chi connectivity index (χ0n) is 21.3. The lowest BCUT2D eigenvalue weighted by Gasteiger charge is -2.27. The maximum Gasteiger partial charge on any atom is 0.342 e. The van der Waals surface area contributed by atoms with Crippen molar-refractivity contribution in [2.75, 3.05) is 23.5 Å². The fraction of sp³-hybridized carbons (Fsp3) is 0.250. The molecule has 39 heavy (non-hydrogen) atoms. The molecule has 1 aromatic heterocycles. The molecular formula is C28H26NO8S2-. The minimum absolute atomic E-state index is 0.0416. The van der Waals surface area contributed by atoms with Gasteiger partial charge in [0.1, 0.15) is 35.1 Å². The molecular weight excluding hydrogens is 542 g/mol. The lowest BCUT2D eigenvalue weighted by atomic mass is 10.0. The number of sulfone groups is 1. The summed E-state index contributed by atoms with van der Waals surface area (Å²) in [4.78, 5) is 12.9. The van der Waals surface area contributed by atoms with Gasteiger partial charge in [-0.1, -0.05) is 30.3 Å². The molecule has 0 N–H and O–H groups in total. The second kappa shape index (κ2) is 10.8. The first-order valence-corrected chi connectivity index (χ1v) is 15.2. The van der Waals surface area contributed by atoms with E-state index in [1.165, 1.54) is 13.2 Å². The van der Waals surface area contributed by atoms with Crippen molar-refractivity contribution >= 4 is 43.7 Å². The first kappa shape index (κ1) is 26.9. The van der Waals surface area contributed by atoms with E-state index in [1.807, 2.05) is 30.3 Å². The molecule has 1 unspecified atom stereocenters. The van der Waals surface area contributed by atoms with Crippen LogP contribution in [0.1, 0.15) is 40.2 Å². The molecule has 0 radical (unpaired) electrons. The number of hydrogen-bond acceptors (Lipinski definition) is 8. The van der Waals surface area contributed by atoms with Gasteiger partial charge in [-0.15, -0.1) is 0 Å². The average Bonchev–Trinajstić information content (AvgIpc) is 3.70. The van der Waals surface area contributed by atoms with Crippen molar-refractivity contribution in [1.82, 2.24) is 0 Å². The molecule has 0 spiro atoms. The molecule has 3 aromatic carbocycles. The number of benzene rings is 3. The fourth-order valence-electron chi connectivity index (χ4n) is 4.44. The highest BCUT2D eigenvalue weighted by Gasteiger charge is 2.32. The molecule has 9 nitrogen and oxygen atoms in total. The van der Waals surface area contributed by atoms with Crippen LogP contribution in [0.4, 0.5) is 5.69 Å². The molecule has 0 bridgehead atoms. The standard InChI is InChI=1S/C28H27NO8S2/c1-35-28(30)26-23-14-22(19-8-9-19)24(29(38(31)32)17-39(2,33)34)15-25(23)37-27(26)20-10-12-21(13-11-20)36-16-18-6-4-3-5-7-18/h3-7,10-15,19H,8-9,16-17H2,1-2H3,(H,31,32)/p-1. The predicted octanol–water partition coefficient (Wildman–Crippen LogP) is 4.95. The summed E-state index contributed by atoms with van der Waals surface area (Å²) in [6, 6.07) is 20.0. The number of fused-ring (bicyclic) bond motifs is 1. The topological polar surface area (TPSA) is 126 Å². The Morgan fingerprint density at radius 2 is 1.79 bits per heavy atom. The molecule has 1 heterocycles. The van der Waals surface area contributed by atoms with Gasteiger partial charge in [0.2, 0.25) is 0 Å². The van der Waals surface area contributed by atoms with Gasteiger partial charge in [-0.3, -0.25) is 8.51 Å². The summed E-state index contributed by atoms with van der Waals surface area (Å²) < 4.78 is 66.0. The van der Waals surface area contributed by atoms with Gasteiger partial charge in [-0.2, -0.15) is 0 Å². The molecule has 1 saturated carbocycles. The molecule has 0 aliphatic heterocycles. The summed E-state index contributed by atoms with van der Waals surface area (Å²) in [6.07, 6.45) is 2.61. The minimum Gasteiger partial charge on any atom is -0.755 e. The average molecular weight is 569 g/mol.